The molecule has 2 heteroatoms. The minimum absolute atomic E-state index is 0.142. The molecule has 0 fully saturated rings. The van der Waals surface area contributed by atoms with Crippen LogP contribution in [0.15, 0.2) is 0 Å². The smallest absolute Gasteiger partial charge is 0.0579 e. The third-order valence-electron chi connectivity index (χ3n) is 3.36. The number of aliphatic hydroxyl groups is 1. The van der Waals surface area contributed by atoms with Gasteiger partial charge in [0, 0.05) is 5.38 Å². The lowest BCUT2D eigenvalue weighted by molar-refractivity contribution is 0.101. The summed E-state index contributed by atoms with van der Waals surface area (Å²) in [7, 11) is 0. The Morgan fingerprint density at radius 3 is 1.94 bits per heavy atom. The predicted molar refractivity (Wildman–Crippen MR) is 73.1 cm³/mol. The minimum Gasteiger partial charge on any atom is -0.393 e. The van der Waals surface area contributed by atoms with Crippen molar-refractivity contribution in [3.8, 4) is 0 Å². The first-order valence-electron chi connectivity index (χ1n) is 6.95. The van der Waals surface area contributed by atoms with Crippen LogP contribution in [0.4, 0.5) is 0 Å². The number of aliphatic hydroxyl groups excluding tert-OH is 1. The van der Waals surface area contributed by atoms with E-state index >= 15 is 0 Å². The molecule has 3 atom stereocenters. The quantitative estimate of drug-likeness (QED) is 0.437. The van der Waals surface area contributed by atoms with Gasteiger partial charge in [-0.1, -0.05) is 59.3 Å². The van der Waals surface area contributed by atoms with Crippen molar-refractivity contribution >= 4 is 11.6 Å². The van der Waals surface area contributed by atoms with E-state index in [0.29, 0.717) is 0 Å². The predicted octanol–water partition coefficient (Wildman–Crippen LogP) is 4.75. The largest absolute Gasteiger partial charge is 0.393 e. The highest BCUT2D eigenvalue weighted by Crippen LogP contribution is 2.23. The fourth-order valence-corrected chi connectivity index (χ4v) is 2.28. The number of hydrogen-bond acceptors (Lipinski definition) is 1. The lowest BCUT2D eigenvalue weighted by atomic mass is 9.93. The second kappa shape index (κ2) is 10.4. The highest BCUT2D eigenvalue weighted by molar-refractivity contribution is 6.20. The van der Waals surface area contributed by atoms with Crippen LogP contribution in [0.3, 0.4) is 0 Å². The molecule has 0 bridgehead atoms. The van der Waals surface area contributed by atoms with Crippen LogP contribution in [0.1, 0.15) is 72.1 Å². The zero-order chi connectivity index (χ0) is 12.4. The van der Waals surface area contributed by atoms with Crippen molar-refractivity contribution in [2.75, 3.05) is 0 Å². The van der Waals surface area contributed by atoms with Crippen LogP contribution < -0.4 is 0 Å². The fraction of sp³-hybridized carbons (Fsp3) is 1.00. The number of halogens is 1. The second-order valence-electron chi connectivity index (χ2n) is 4.93. The van der Waals surface area contributed by atoms with Gasteiger partial charge in [-0.2, -0.15) is 0 Å². The molecule has 0 heterocycles. The van der Waals surface area contributed by atoms with Crippen molar-refractivity contribution in [1.29, 1.82) is 0 Å². The Labute approximate surface area is 107 Å². The van der Waals surface area contributed by atoms with E-state index in [4.69, 9.17) is 11.6 Å². The van der Waals surface area contributed by atoms with E-state index in [1.807, 2.05) is 0 Å². The van der Waals surface area contributed by atoms with E-state index in [1.54, 1.807) is 0 Å². The maximum atomic E-state index is 9.99. The Morgan fingerprint density at radius 1 is 0.938 bits per heavy atom. The van der Waals surface area contributed by atoms with Crippen molar-refractivity contribution in [3.05, 3.63) is 0 Å². The summed E-state index contributed by atoms with van der Waals surface area (Å²) in [5, 5.41) is 10.1. The molecule has 0 radical (unpaired) electrons. The van der Waals surface area contributed by atoms with Crippen LogP contribution >= 0.6 is 11.6 Å². The highest BCUT2D eigenvalue weighted by atomic mass is 35.5. The Bertz CT molecular complexity index is 134. The Morgan fingerprint density at radius 2 is 1.44 bits per heavy atom. The molecule has 0 aliphatic carbocycles. The van der Waals surface area contributed by atoms with Gasteiger partial charge in [-0.3, -0.25) is 0 Å². The van der Waals surface area contributed by atoms with Crippen LogP contribution in [0.5, 0.6) is 0 Å². The lowest BCUT2D eigenvalue weighted by Crippen LogP contribution is -2.26. The lowest BCUT2D eigenvalue weighted by Gasteiger charge is -2.23. The van der Waals surface area contributed by atoms with E-state index in [0.717, 1.165) is 19.3 Å². The van der Waals surface area contributed by atoms with Crippen molar-refractivity contribution in [2.45, 2.75) is 83.6 Å². The number of alkyl halides is 1. The van der Waals surface area contributed by atoms with Crippen LogP contribution in [0, 0.1) is 5.92 Å². The van der Waals surface area contributed by atoms with Gasteiger partial charge in [0.25, 0.3) is 0 Å². The van der Waals surface area contributed by atoms with Gasteiger partial charge in [0.2, 0.25) is 0 Å². The molecule has 1 nitrogen and oxygen atoms in total. The van der Waals surface area contributed by atoms with Crippen LogP contribution in [0.2, 0.25) is 0 Å². The molecule has 1 N–H and O–H groups in total. The average Bonchev–Trinajstić information content (AvgIpc) is 2.28. The summed E-state index contributed by atoms with van der Waals surface area (Å²) in [5.41, 5.74) is 0. The van der Waals surface area contributed by atoms with Crippen LogP contribution in [-0.4, -0.2) is 16.6 Å². The summed E-state index contributed by atoms with van der Waals surface area (Å²) >= 11 is 6.31. The van der Waals surface area contributed by atoms with Crippen molar-refractivity contribution in [3.63, 3.8) is 0 Å². The number of unbranched alkanes of at least 4 members (excludes halogenated alkanes) is 4. The normalized spacial score (nSPS) is 17.1. The summed E-state index contributed by atoms with van der Waals surface area (Å²) < 4.78 is 0. The van der Waals surface area contributed by atoms with Crippen LogP contribution in [-0.2, 0) is 0 Å². The topological polar surface area (TPSA) is 20.2 Å². The molecule has 0 saturated carbocycles. The molecule has 0 aliphatic rings. The summed E-state index contributed by atoms with van der Waals surface area (Å²) in [6.07, 6.45) is 8.97. The van der Waals surface area contributed by atoms with Gasteiger partial charge >= 0.3 is 0 Å². The zero-order valence-corrected chi connectivity index (χ0v) is 12.0. The van der Waals surface area contributed by atoms with Gasteiger partial charge in [0.05, 0.1) is 6.10 Å². The van der Waals surface area contributed by atoms with Gasteiger partial charge in [-0.05, 0) is 18.8 Å². The van der Waals surface area contributed by atoms with Crippen molar-refractivity contribution < 1.29 is 5.11 Å². The summed E-state index contributed by atoms with van der Waals surface area (Å²) in [6.45, 7) is 6.47. The van der Waals surface area contributed by atoms with Crippen LogP contribution in [0.25, 0.3) is 0 Å². The van der Waals surface area contributed by atoms with E-state index in [9.17, 15) is 5.11 Å². The molecule has 0 rings (SSSR count). The molecule has 3 unspecified atom stereocenters. The minimum atomic E-state index is -0.212. The van der Waals surface area contributed by atoms with Crippen molar-refractivity contribution in [1.82, 2.24) is 0 Å². The standard InChI is InChI=1S/C14H29ClO/c1-4-6-8-10-13(15)12(3)14(16)11-9-7-5-2/h12-14,16H,4-11H2,1-3H3. The van der Waals surface area contributed by atoms with E-state index < -0.39 is 0 Å². The molecule has 0 aromatic rings. The maximum absolute atomic E-state index is 9.99. The third-order valence-corrected chi connectivity index (χ3v) is 3.98. The van der Waals surface area contributed by atoms with Gasteiger partial charge in [0.1, 0.15) is 0 Å². The van der Waals surface area contributed by atoms with Gasteiger partial charge in [0.15, 0.2) is 0 Å². The number of rotatable bonds is 10. The molecule has 0 aliphatic heterocycles. The molecule has 0 saturated heterocycles. The first kappa shape index (κ1) is 16.2. The van der Waals surface area contributed by atoms with E-state index in [-0.39, 0.29) is 17.4 Å². The average molecular weight is 249 g/mol. The van der Waals surface area contributed by atoms with Gasteiger partial charge in [-0.15, -0.1) is 11.6 Å². The molecule has 98 valence electrons. The van der Waals surface area contributed by atoms with E-state index in [2.05, 4.69) is 20.8 Å². The summed E-state index contributed by atoms with van der Waals surface area (Å²) in [6, 6.07) is 0. The zero-order valence-electron chi connectivity index (χ0n) is 11.2. The van der Waals surface area contributed by atoms with E-state index in [1.165, 1.54) is 32.1 Å². The fourth-order valence-electron chi connectivity index (χ4n) is 1.96. The Balaban J connectivity index is 3.68. The molecule has 0 spiro atoms. The van der Waals surface area contributed by atoms with Gasteiger partial charge in [-0.25, -0.2) is 0 Å². The van der Waals surface area contributed by atoms with Crippen molar-refractivity contribution in [2.24, 2.45) is 5.92 Å². The monoisotopic (exact) mass is 248 g/mol. The first-order chi connectivity index (χ1) is 7.63. The molecular formula is C14H29ClO. The molecule has 0 amide bonds. The number of hydrogen-bond donors (Lipinski definition) is 1. The summed E-state index contributed by atoms with van der Waals surface area (Å²) in [5.74, 6) is 0.232. The second-order valence-corrected chi connectivity index (χ2v) is 5.49. The molecular weight excluding hydrogens is 220 g/mol. The van der Waals surface area contributed by atoms with Gasteiger partial charge < -0.3 is 5.11 Å². The third kappa shape index (κ3) is 7.51. The highest BCUT2D eigenvalue weighted by Gasteiger charge is 2.21. The summed E-state index contributed by atoms with van der Waals surface area (Å²) in [4.78, 5) is 0. The Kier molecular flexibility index (Phi) is 10.6. The SMILES string of the molecule is CCCCCC(O)C(C)C(Cl)CCCCC. The molecule has 0 aromatic heterocycles. The Hall–Kier alpha value is 0.250. The molecule has 0 aromatic carbocycles. The first-order valence-corrected chi connectivity index (χ1v) is 7.39. The molecule has 16 heavy (non-hydrogen) atoms. The maximum Gasteiger partial charge on any atom is 0.0579 e.